The van der Waals surface area contributed by atoms with Crippen LogP contribution in [-0.2, 0) is 0 Å². The van der Waals surface area contributed by atoms with E-state index in [-0.39, 0.29) is 5.02 Å². The van der Waals surface area contributed by atoms with Crippen molar-refractivity contribution in [1.82, 2.24) is 0 Å². The maximum absolute atomic E-state index is 13.0. The maximum atomic E-state index is 13.0. The fourth-order valence-corrected chi connectivity index (χ4v) is 2.27. The van der Waals surface area contributed by atoms with E-state index in [1.165, 1.54) is 22.9 Å². The Morgan fingerprint density at radius 3 is 2.30 bits per heavy atom. The van der Waals surface area contributed by atoms with Crippen LogP contribution in [0.3, 0.4) is 0 Å². The molecule has 0 bridgehead atoms. The number of aryl methyl sites for hydroxylation is 2. The van der Waals surface area contributed by atoms with Crippen LogP contribution < -0.4 is 10.6 Å². The van der Waals surface area contributed by atoms with Gasteiger partial charge in [-0.25, -0.2) is 4.39 Å². The summed E-state index contributed by atoms with van der Waals surface area (Å²) in [5.41, 5.74) is 4.45. The van der Waals surface area contributed by atoms with E-state index in [0.29, 0.717) is 0 Å². The predicted octanol–water partition coefficient (Wildman–Crippen LogP) is 4.62. The number of anilines is 2. The summed E-state index contributed by atoms with van der Waals surface area (Å²) in [4.78, 5) is 0. The molecule has 0 fully saturated rings. The van der Waals surface area contributed by atoms with Crippen LogP contribution in [0.4, 0.5) is 15.8 Å². The zero-order valence-electron chi connectivity index (χ0n) is 11.6. The first-order valence-corrected chi connectivity index (χ1v) is 6.95. The van der Waals surface area contributed by atoms with Gasteiger partial charge in [0.2, 0.25) is 0 Å². The topological polar surface area (TPSA) is 24.1 Å². The lowest BCUT2D eigenvalue weighted by molar-refractivity contribution is 0.628. The molecule has 0 aliphatic heterocycles. The zero-order valence-corrected chi connectivity index (χ0v) is 12.4. The standard InChI is InChI=1S/C16H18ClFN2/c1-11-4-3-5-12(2)16(11)20-9-8-19-13-6-7-15(18)14(17)10-13/h3-7,10,19-20H,8-9H2,1-2H3. The third-order valence-electron chi connectivity index (χ3n) is 3.16. The number of para-hydroxylation sites is 1. The molecular weight excluding hydrogens is 275 g/mol. The van der Waals surface area contributed by atoms with E-state index >= 15 is 0 Å². The van der Waals surface area contributed by atoms with Crippen molar-refractivity contribution >= 4 is 23.0 Å². The molecule has 0 saturated heterocycles. The van der Waals surface area contributed by atoms with Gasteiger partial charge in [0.25, 0.3) is 0 Å². The first-order valence-electron chi connectivity index (χ1n) is 6.57. The third-order valence-corrected chi connectivity index (χ3v) is 3.45. The van der Waals surface area contributed by atoms with Crippen LogP contribution in [0.5, 0.6) is 0 Å². The molecule has 2 aromatic rings. The largest absolute Gasteiger partial charge is 0.383 e. The van der Waals surface area contributed by atoms with Crippen molar-refractivity contribution in [1.29, 1.82) is 0 Å². The average molecular weight is 293 g/mol. The summed E-state index contributed by atoms with van der Waals surface area (Å²) in [6.07, 6.45) is 0. The van der Waals surface area contributed by atoms with Gasteiger partial charge >= 0.3 is 0 Å². The second kappa shape index (κ2) is 6.62. The smallest absolute Gasteiger partial charge is 0.141 e. The normalized spacial score (nSPS) is 10.4. The average Bonchev–Trinajstić information content (AvgIpc) is 2.41. The van der Waals surface area contributed by atoms with E-state index in [0.717, 1.165) is 18.8 Å². The molecule has 0 amide bonds. The molecule has 0 aliphatic carbocycles. The van der Waals surface area contributed by atoms with Gasteiger partial charge in [0, 0.05) is 24.5 Å². The molecule has 0 atom stereocenters. The Kier molecular flexibility index (Phi) is 4.85. The van der Waals surface area contributed by atoms with Crippen LogP contribution in [0, 0.1) is 19.7 Å². The van der Waals surface area contributed by atoms with Gasteiger partial charge in [-0.1, -0.05) is 29.8 Å². The van der Waals surface area contributed by atoms with Crippen molar-refractivity contribution < 1.29 is 4.39 Å². The molecule has 0 heterocycles. The summed E-state index contributed by atoms with van der Waals surface area (Å²) < 4.78 is 13.0. The zero-order chi connectivity index (χ0) is 14.5. The number of nitrogens with one attached hydrogen (secondary N) is 2. The van der Waals surface area contributed by atoms with Gasteiger partial charge in [0.15, 0.2) is 0 Å². The fraction of sp³-hybridized carbons (Fsp3) is 0.250. The monoisotopic (exact) mass is 292 g/mol. The molecule has 0 aliphatic rings. The van der Waals surface area contributed by atoms with Gasteiger partial charge in [-0.2, -0.15) is 0 Å². The Bertz CT molecular complexity index is 579. The first-order chi connectivity index (χ1) is 9.58. The highest BCUT2D eigenvalue weighted by Gasteiger charge is 2.02. The molecule has 2 aromatic carbocycles. The van der Waals surface area contributed by atoms with Crippen molar-refractivity contribution in [3.63, 3.8) is 0 Å². The number of benzene rings is 2. The Labute approximate surface area is 124 Å². The van der Waals surface area contributed by atoms with Crippen molar-refractivity contribution in [2.24, 2.45) is 0 Å². The summed E-state index contributed by atoms with van der Waals surface area (Å²) >= 11 is 5.73. The van der Waals surface area contributed by atoms with Gasteiger partial charge in [0.1, 0.15) is 5.82 Å². The number of hydrogen-bond donors (Lipinski definition) is 2. The Balaban J connectivity index is 1.86. The second-order valence-electron chi connectivity index (χ2n) is 4.75. The number of hydrogen-bond acceptors (Lipinski definition) is 2. The third kappa shape index (κ3) is 3.64. The second-order valence-corrected chi connectivity index (χ2v) is 5.16. The van der Waals surface area contributed by atoms with Crippen LogP contribution in [0.15, 0.2) is 36.4 Å². The van der Waals surface area contributed by atoms with Gasteiger partial charge in [-0.3, -0.25) is 0 Å². The molecule has 0 radical (unpaired) electrons. The van der Waals surface area contributed by atoms with Crippen LogP contribution in [0.2, 0.25) is 5.02 Å². The van der Waals surface area contributed by atoms with Crippen molar-refractivity contribution in [2.75, 3.05) is 23.7 Å². The molecule has 0 spiro atoms. The molecule has 4 heteroatoms. The number of halogens is 2. The van der Waals surface area contributed by atoms with Crippen LogP contribution in [-0.4, -0.2) is 13.1 Å². The molecule has 0 unspecified atom stereocenters. The lowest BCUT2D eigenvalue weighted by Crippen LogP contribution is -2.14. The fourth-order valence-electron chi connectivity index (χ4n) is 2.09. The Morgan fingerprint density at radius 1 is 1.00 bits per heavy atom. The molecule has 2 rings (SSSR count). The van der Waals surface area contributed by atoms with E-state index in [1.54, 1.807) is 12.1 Å². The Hall–Kier alpha value is -1.74. The summed E-state index contributed by atoms with van der Waals surface area (Å²) in [7, 11) is 0. The molecule has 0 aromatic heterocycles. The first kappa shape index (κ1) is 14.7. The summed E-state index contributed by atoms with van der Waals surface area (Å²) in [6.45, 7) is 5.68. The van der Waals surface area contributed by atoms with E-state index in [4.69, 9.17) is 11.6 Å². The van der Waals surface area contributed by atoms with Crippen molar-refractivity contribution in [2.45, 2.75) is 13.8 Å². The maximum Gasteiger partial charge on any atom is 0.141 e. The van der Waals surface area contributed by atoms with Crippen LogP contribution in [0.1, 0.15) is 11.1 Å². The van der Waals surface area contributed by atoms with Gasteiger partial charge < -0.3 is 10.6 Å². The van der Waals surface area contributed by atoms with Crippen LogP contribution in [0.25, 0.3) is 0 Å². The Morgan fingerprint density at radius 2 is 1.65 bits per heavy atom. The van der Waals surface area contributed by atoms with Gasteiger partial charge in [-0.15, -0.1) is 0 Å². The summed E-state index contributed by atoms with van der Waals surface area (Å²) in [6, 6.07) is 10.9. The van der Waals surface area contributed by atoms with E-state index in [2.05, 4.69) is 42.7 Å². The van der Waals surface area contributed by atoms with E-state index < -0.39 is 5.82 Å². The summed E-state index contributed by atoms with van der Waals surface area (Å²) in [5.74, 6) is -0.397. The van der Waals surface area contributed by atoms with Crippen molar-refractivity contribution in [3.8, 4) is 0 Å². The molecule has 0 saturated carbocycles. The minimum atomic E-state index is -0.397. The van der Waals surface area contributed by atoms with E-state index in [1.807, 2.05) is 0 Å². The minimum Gasteiger partial charge on any atom is -0.383 e. The lowest BCUT2D eigenvalue weighted by Gasteiger charge is -2.13. The molecule has 2 N–H and O–H groups in total. The molecular formula is C16H18ClFN2. The highest BCUT2D eigenvalue weighted by atomic mass is 35.5. The highest BCUT2D eigenvalue weighted by molar-refractivity contribution is 6.31. The number of rotatable bonds is 5. The summed E-state index contributed by atoms with van der Waals surface area (Å²) in [5, 5.41) is 6.75. The van der Waals surface area contributed by atoms with Crippen molar-refractivity contribution in [3.05, 3.63) is 58.4 Å². The molecule has 2 nitrogen and oxygen atoms in total. The van der Waals surface area contributed by atoms with Gasteiger partial charge in [0.05, 0.1) is 5.02 Å². The quantitative estimate of drug-likeness (QED) is 0.786. The predicted molar refractivity (Wildman–Crippen MR) is 84.3 cm³/mol. The van der Waals surface area contributed by atoms with E-state index in [9.17, 15) is 4.39 Å². The molecule has 20 heavy (non-hydrogen) atoms. The lowest BCUT2D eigenvalue weighted by atomic mass is 10.1. The SMILES string of the molecule is Cc1cccc(C)c1NCCNc1ccc(F)c(Cl)c1. The minimum absolute atomic E-state index is 0.137. The van der Waals surface area contributed by atoms with Gasteiger partial charge in [-0.05, 0) is 43.2 Å². The molecule has 106 valence electrons. The highest BCUT2D eigenvalue weighted by Crippen LogP contribution is 2.20. The van der Waals surface area contributed by atoms with Crippen LogP contribution >= 0.6 is 11.6 Å².